The lowest BCUT2D eigenvalue weighted by Crippen LogP contribution is -2.23. The lowest BCUT2D eigenvalue weighted by atomic mass is 10.1. The van der Waals surface area contributed by atoms with Gasteiger partial charge in [0.15, 0.2) is 5.78 Å². The Morgan fingerprint density at radius 3 is 2.85 bits per heavy atom. The van der Waals surface area contributed by atoms with Crippen LogP contribution >= 0.6 is 11.8 Å². The third-order valence-electron chi connectivity index (χ3n) is 1.68. The zero-order valence-electron chi connectivity index (χ0n) is 7.61. The van der Waals surface area contributed by atoms with Crippen LogP contribution in [0.2, 0.25) is 0 Å². The third kappa shape index (κ3) is 2.62. The fourth-order valence-corrected chi connectivity index (χ4v) is 2.13. The molecule has 0 amide bonds. The molecule has 1 fully saturated rings. The normalized spacial score (nSPS) is 27.4. The highest BCUT2D eigenvalue weighted by atomic mass is 32.2. The number of thioether (sulfide) groups is 1. The maximum atomic E-state index is 11.3. The van der Waals surface area contributed by atoms with Gasteiger partial charge in [0, 0.05) is 11.7 Å². The number of ketones is 1. The first-order valence-electron chi connectivity index (χ1n) is 4.14. The van der Waals surface area contributed by atoms with E-state index in [0.29, 0.717) is 5.75 Å². The summed E-state index contributed by atoms with van der Waals surface area (Å²) >= 11 is 1.34. The molecule has 1 aliphatic heterocycles. The van der Waals surface area contributed by atoms with Crippen LogP contribution in [0.1, 0.15) is 13.8 Å². The molecule has 1 aliphatic rings. The molecule has 4 nitrogen and oxygen atoms in total. The van der Waals surface area contributed by atoms with E-state index >= 15 is 0 Å². The summed E-state index contributed by atoms with van der Waals surface area (Å²) in [6.45, 7) is 3.78. The summed E-state index contributed by atoms with van der Waals surface area (Å²) in [7, 11) is 0. The van der Waals surface area contributed by atoms with Crippen LogP contribution in [0, 0.1) is 5.92 Å². The zero-order chi connectivity index (χ0) is 9.84. The van der Waals surface area contributed by atoms with Crippen LogP contribution in [0.3, 0.4) is 0 Å². The quantitative estimate of drug-likeness (QED) is 0.637. The molecule has 0 spiro atoms. The smallest absolute Gasteiger partial charge is 0.435 e. The standard InChI is InChI=1S/C8H12O4S/c1-3-11-8(10)12-7-6(9)5(2)4-13-7/h5,7H,3-4H2,1-2H3. The van der Waals surface area contributed by atoms with Gasteiger partial charge in [-0.05, 0) is 6.92 Å². The molecule has 0 aromatic carbocycles. The molecule has 2 atom stereocenters. The van der Waals surface area contributed by atoms with Gasteiger partial charge in [-0.2, -0.15) is 0 Å². The second-order valence-electron chi connectivity index (χ2n) is 2.77. The van der Waals surface area contributed by atoms with E-state index in [0.717, 1.165) is 0 Å². The molecule has 0 aliphatic carbocycles. The molecule has 0 saturated carbocycles. The Morgan fingerprint density at radius 1 is 1.69 bits per heavy atom. The Labute approximate surface area is 81.0 Å². The third-order valence-corrected chi connectivity index (χ3v) is 3.00. The molecule has 13 heavy (non-hydrogen) atoms. The van der Waals surface area contributed by atoms with Crippen molar-refractivity contribution in [3.8, 4) is 0 Å². The number of carbonyl (C=O) groups excluding carboxylic acids is 2. The van der Waals surface area contributed by atoms with Gasteiger partial charge in [-0.15, -0.1) is 11.8 Å². The maximum Gasteiger partial charge on any atom is 0.509 e. The molecule has 0 aromatic rings. The summed E-state index contributed by atoms with van der Waals surface area (Å²) in [5.41, 5.74) is -0.658. The van der Waals surface area contributed by atoms with Gasteiger partial charge in [0.05, 0.1) is 6.61 Å². The molecule has 74 valence electrons. The van der Waals surface area contributed by atoms with Crippen LogP contribution < -0.4 is 0 Å². The molecule has 2 unspecified atom stereocenters. The molecule has 1 heterocycles. The van der Waals surface area contributed by atoms with Crippen molar-refractivity contribution in [3.63, 3.8) is 0 Å². The van der Waals surface area contributed by atoms with E-state index in [2.05, 4.69) is 4.74 Å². The molecule has 0 radical (unpaired) electrons. The van der Waals surface area contributed by atoms with E-state index in [4.69, 9.17) is 4.74 Å². The minimum absolute atomic E-state index is 0.0237. The molecular weight excluding hydrogens is 192 g/mol. The Morgan fingerprint density at radius 2 is 2.38 bits per heavy atom. The fraction of sp³-hybridized carbons (Fsp3) is 0.750. The van der Waals surface area contributed by atoms with Crippen LogP contribution in [0.15, 0.2) is 0 Å². The van der Waals surface area contributed by atoms with Crippen LogP contribution in [0.4, 0.5) is 4.79 Å². The van der Waals surface area contributed by atoms with Gasteiger partial charge in [-0.1, -0.05) is 6.92 Å². The van der Waals surface area contributed by atoms with Crippen molar-refractivity contribution < 1.29 is 19.1 Å². The molecule has 0 N–H and O–H groups in total. The number of ether oxygens (including phenoxy) is 2. The van der Waals surface area contributed by atoms with Gasteiger partial charge in [0.1, 0.15) is 0 Å². The summed E-state index contributed by atoms with van der Waals surface area (Å²) in [5, 5.41) is 0. The SMILES string of the molecule is CCOC(=O)OC1SCC(C)C1=O. The van der Waals surface area contributed by atoms with E-state index in [1.807, 2.05) is 6.92 Å². The fourth-order valence-electron chi connectivity index (χ4n) is 0.960. The number of carbonyl (C=O) groups is 2. The van der Waals surface area contributed by atoms with Gasteiger partial charge < -0.3 is 9.47 Å². The second-order valence-corrected chi connectivity index (χ2v) is 3.86. The summed E-state index contributed by atoms with van der Waals surface area (Å²) in [4.78, 5) is 22.1. The van der Waals surface area contributed by atoms with Crippen molar-refractivity contribution in [2.75, 3.05) is 12.4 Å². The highest BCUT2D eigenvalue weighted by molar-refractivity contribution is 8.01. The van der Waals surface area contributed by atoms with Crippen LogP contribution in [0.5, 0.6) is 0 Å². The second kappa shape index (κ2) is 4.50. The van der Waals surface area contributed by atoms with Gasteiger partial charge in [-0.25, -0.2) is 4.79 Å². The molecular formula is C8H12O4S. The van der Waals surface area contributed by atoms with Gasteiger partial charge in [0.2, 0.25) is 5.44 Å². The molecule has 0 bridgehead atoms. The van der Waals surface area contributed by atoms with Gasteiger partial charge in [0.25, 0.3) is 0 Å². The Balaban J connectivity index is 2.38. The molecule has 1 rings (SSSR count). The van der Waals surface area contributed by atoms with Crippen molar-refractivity contribution in [1.82, 2.24) is 0 Å². The van der Waals surface area contributed by atoms with Crippen LogP contribution in [-0.4, -0.2) is 29.7 Å². The number of Topliss-reactive ketones (excluding diaryl/α,β-unsaturated/α-hetero) is 1. The number of rotatable bonds is 2. The molecule has 1 saturated heterocycles. The maximum absolute atomic E-state index is 11.3. The summed E-state index contributed by atoms with van der Waals surface area (Å²) in [6.07, 6.45) is -0.762. The summed E-state index contributed by atoms with van der Waals surface area (Å²) < 4.78 is 9.35. The highest BCUT2D eigenvalue weighted by Gasteiger charge is 2.35. The van der Waals surface area contributed by atoms with E-state index in [-0.39, 0.29) is 18.3 Å². The van der Waals surface area contributed by atoms with E-state index in [9.17, 15) is 9.59 Å². The van der Waals surface area contributed by atoms with Crippen LogP contribution in [-0.2, 0) is 14.3 Å². The van der Waals surface area contributed by atoms with E-state index in [1.165, 1.54) is 11.8 Å². The van der Waals surface area contributed by atoms with Gasteiger partial charge >= 0.3 is 6.16 Å². The minimum atomic E-state index is -0.762. The van der Waals surface area contributed by atoms with E-state index < -0.39 is 11.6 Å². The highest BCUT2D eigenvalue weighted by Crippen LogP contribution is 2.28. The Hall–Kier alpha value is -0.710. The number of hydrogen-bond donors (Lipinski definition) is 0. The summed E-state index contributed by atoms with van der Waals surface area (Å²) in [5.74, 6) is 0.658. The predicted molar refractivity (Wildman–Crippen MR) is 48.5 cm³/mol. The largest absolute Gasteiger partial charge is 0.509 e. The lowest BCUT2D eigenvalue weighted by Gasteiger charge is -2.08. The first-order chi connectivity index (χ1) is 6.15. The van der Waals surface area contributed by atoms with Crippen molar-refractivity contribution in [2.45, 2.75) is 19.3 Å². The Kier molecular flexibility index (Phi) is 3.59. The average molecular weight is 204 g/mol. The first kappa shape index (κ1) is 10.4. The van der Waals surface area contributed by atoms with Gasteiger partial charge in [-0.3, -0.25) is 4.79 Å². The summed E-state index contributed by atoms with van der Waals surface area (Å²) in [6, 6.07) is 0. The lowest BCUT2D eigenvalue weighted by molar-refractivity contribution is -0.126. The van der Waals surface area contributed by atoms with Crippen LogP contribution in [0.25, 0.3) is 0 Å². The van der Waals surface area contributed by atoms with Crippen molar-refractivity contribution in [1.29, 1.82) is 0 Å². The first-order valence-corrected chi connectivity index (χ1v) is 5.18. The predicted octanol–water partition coefficient (Wildman–Crippen LogP) is 1.44. The van der Waals surface area contributed by atoms with E-state index in [1.54, 1.807) is 6.92 Å². The number of hydrogen-bond acceptors (Lipinski definition) is 5. The Bertz CT molecular complexity index is 216. The van der Waals surface area contributed by atoms with Crippen molar-refractivity contribution in [3.05, 3.63) is 0 Å². The van der Waals surface area contributed by atoms with Crippen molar-refractivity contribution in [2.24, 2.45) is 5.92 Å². The zero-order valence-corrected chi connectivity index (χ0v) is 8.43. The topological polar surface area (TPSA) is 52.6 Å². The molecule has 0 aromatic heterocycles. The average Bonchev–Trinajstić information content (AvgIpc) is 2.37. The van der Waals surface area contributed by atoms with Crippen molar-refractivity contribution >= 4 is 23.7 Å². The minimum Gasteiger partial charge on any atom is -0.435 e. The molecule has 5 heteroatoms. The monoisotopic (exact) mass is 204 g/mol.